The van der Waals surface area contributed by atoms with E-state index in [-0.39, 0.29) is 5.91 Å². The Morgan fingerprint density at radius 1 is 1.24 bits per heavy atom. The fourth-order valence-corrected chi connectivity index (χ4v) is 2.96. The van der Waals surface area contributed by atoms with E-state index in [0.29, 0.717) is 12.5 Å². The largest absolute Gasteiger partial charge is 0.492 e. The standard InChI is InChI=1S/C20H23N3O2/c24-20(10-16-2-1-9-21-11-16)22-17-5-7-19(8-6-17)25-14-18-13-23(18)12-15-3-4-15/h1-2,5-9,11,15,18H,3-4,10,12-14H2,(H,22,24). The van der Waals surface area contributed by atoms with E-state index in [1.54, 1.807) is 12.4 Å². The second-order valence-corrected chi connectivity index (χ2v) is 6.97. The van der Waals surface area contributed by atoms with Gasteiger partial charge in [-0.05, 0) is 54.7 Å². The Bertz CT molecular complexity index is 713. The minimum Gasteiger partial charge on any atom is -0.492 e. The van der Waals surface area contributed by atoms with E-state index in [0.717, 1.165) is 29.5 Å². The Morgan fingerprint density at radius 3 is 2.80 bits per heavy atom. The number of hydrogen-bond acceptors (Lipinski definition) is 4. The molecule has 1 aromatic heterocycles. The van der Waals surface area contributed by atoms with Gasteiger partial charge in [0.25, 0.3) is 0 Å². The Labute approximate surface area is 148 Å². The van der Waals surface area contributed by atoms with Gasteiger partial charge < -0.3 is 10.1 Å². The number of ether oxygens (including phenoxy) is 1. The van der Waals surface area contributed by atoms with Gasteiger partial charge in [-0.1, -0.05) is 6.07 Å². The monoisotopic (exact) mass is 337 g/mol. The highest BCUT2D eigenvalue weighted by molar-refractivity contribution is 5.92. The number of carbonyl (C=O) groups excluding carboxylic acids is 1. The van der Waals surface area contributed by atoms with Gasteiger partial charge in [-0.25, -0.2) is 0 Å². The van der Waals surface area contributed by atoms with Crippen LogP contribution < -0.4 is 10.1 Å². The maximum atomic E-state index is 12.0. The van der Waals surface area contributed by atoms with Crippen molar-refractivity contribution >= 4 is 11.6 Å². The van der Waals surface area contributed by atoms with E-state index in [4.69, 9.17) is 4.74 Å². The normalized spacial score (nSPS) is 21.6. The van der Waals surface area contributed by atoms with Crippen LogP contribution in [0.1, 0.15) is 18.4 Å². The molecule has 1 aromatic carbocycles. The smallest absolute Gasteiger partial charge is 0.228 e. The zero-order valence-corrected chi connectivity index (χ0v) is 14.2. The van der Waals surface area contributed by atoms with Gasteiger partial charge in [0.2, 0.25) is 5.91 Å². The summed E-state index contributed by atoms with van der Waals surface area (Å²) >= 11 is 0. The van der Waals surface area contributed by atoms with Gasteiger partial charge in [0.1, 0.15) is 12.4 Å². The summed E-state index contributed by atoms with van der Waals surface area (Å²) in [5.41, 5.74) is 1.68. The predicted molar refractivity (Wildman–Crippen MR) is 96.6 cm³/mol. The Hall–Kier alpha value is -2.40. The number of nitrogens with one attached hydrogen (secondary N) is 1. The molecule has 5 heteroatoms. The molecular formula is C20H23N3O2. The minimum atomic E-state index is -0.0460. The van der Waals surface area contributed by atoms with Gasteiger partial charge in [-0.2, -0.15) is 0 Å². The fourth-order valence-electron chi connectivity index (χ4n) is 2.96. The first-order valence-corrected chi connectivity index (χ1v) is 8.92. The van der Waals surface area contributed by atoms with Crippen LogP contribution in [0.15, 0.2) is 48.8 Å². The van der Waals surface area contributed by atoms with Crippen molar-refractivity contribution < 1.29 is 9.53 Å². The van der Waals surface area contributed by atoms with Crippen molar-refractivity contribution in [3.05, 3.63) is 54.4 Å². The lowest BCUT2D eigenvalue weighted by molar-refractivity contribution is -0.115. The molecule has 2 aromatic rings. The molecule has 0 spiro atoms. The number of hydrogen-bond donors (Lipinski definition) is 1. The van der Waals surface area contributed by atoms with Crippen molar-refractivity contribution in [1.82, 2.24) is 9.88 Å². The second-order valence-electron chi connectivity index (χ2n) is 6.97. The van der Waals surface area contributed by atoms with Crippen LogP contribution in [0.25, 0.3) is 0 Å². The number of anilines is 1. The molecule has 2 heterocycles. The van der Waals surface area contributed by atoms with E-state index in [9.17, 15) is 4.79 Å². The number of rotatable bonds is 8. The Morgan fingerprint density at radius 2 is 2.08 bits per heavy atom. The van der Waals surface area contributed by atoms with Crippen molar-refractivity contribution in [2.24, 2.45) is 5.92 Å². The highest BCUT2D eigenvalue weighted by Gasteiger charge is 2.38. The molecule has 130 valence electrons. The average molecular weight is 337 g/mol. The SMILES string of the molecule is O=C(Cc1cccnc1)Nc1ccc(OCC2CN2CC2CC2)cc1. The first-order chi connectivity index (χ1) is 12.3. The van der Waals surface area contributed by atoms with E-state index in [1.807, 2.05) is 36.4 Å². The molecule has 1 saturated carbocycles. The van der Waals surface area contributed by atoms with Gasteiger partial charge >= 0.3 is 0 Å². The molecule has 1 aliphatic heterocycles. The van der Waals surface area contributed by atoms with Crippen LogP contribution in [0.5, 0.6) is 5.75 Å². The zero-order chi connectivity index (χ0) is 17.1. The average Bonchev–Trinajstić information content (AvgIpc) is 3.54. The zero-order valence-electron chi connectivity index (χ0n) is 14.2. The molecule has 25 heavy (non-hydrogen) atoms. The van der Waals surface area contributed by atoms with E-state index in [2.05, 4.69) is 15.2 Å². The summed E-state index contributed by atoms with van der Waals surface area (Å²) in [6.45, 7) is 3.16. The number of amides is 1. The van der Waals surface area contributed by atoms with E-state index in [1.165, 1.54) is 25.9 Å². The van der Waals surface area contributed by atoms with Crippen molar-refractivity contribution in [3.63, 3.8) is 0 Å². The maximum Gasteiger partial charge on any atom is 0.228 e. The third-order valence-corrected chi connectivity index (χ3v) is 4.69. The molecule has 0 radical (unpaired) electrons. The van der Waals surface area contributed by atoms with Gasteiger partial charge in [0.05, 0.1) is 12.5 Å². The lowest BCUT2D eigenvalue weighted by Gasteiger charge is -2.09. The second kappa shape index (κ2) is 7.23. The van der Waals surface area contributed by atoms with Crippen LogP contribution in [0.3, 0.4) is 0 Å². The van der Waals surface area contributed by atoms with Gasteiger partial charge in [0, 0.05) is 31.2 Å². The molecule has 2 atom stereocenters. The summed E-state index contributed by atoms with van der Waals surface area (Å²) in [5.74, 6) is 1.75. The molecule has 0 bridgehead atoms. The molecule has 4 rings (SSSR count). The van der Waals surface area contributed by atoms with Gasteiger partial charge in [-0.15, -0.1) is 0 Å². The molecule has 2 unspecified atom stereocenters. The molecule has 5 nitrogen and oxygen atoms in total. The summed E-state index contributed by atoms with van der Waals surface area (Å²) in [7, 11) is 0. The topological polar surface area (TPSA) is 54.2 Å². The lowest BCUT2D eigenvalue weighted by atomic mass is 10.2. The lowest BCUT2D eigenvalue weighted by Crippen LogP contribution is -2.14. The third kappa shape index (κ3) is 4.79. The summed E-state index contributed by atoms with van der Waals surface area (Å²) in [4.78, 5) is 18.6. The van der Waals surface area contributed by atoms with Crippen LogP contribution in [-0.4, -0.2) is 41.5 Å². The number of aromatic nitrogens is 1. The molecule has 1 N–H and O–H groups in total. The van der Waals surface area contributed by atoms with Crippen molar-refractivity contribution in [2.75, 3.05) is 25.0 Å². The molecule has 2 fully saturated rings. The van der Waals surface area contributed by atoms with E-state index < -0.39 is 0 Å². The molecule has 1 amide bonds. The third-order valence-electron chi connectivity index (χ3n) is 4.69. The van der Waals surface area contributed by atoms with Crippen LogP contribution >= 0.6 is 0 Å². The number of benzene rings is 1. The summed E-state index contributed by atoms with van der Waals surface area (Å²) in [6.07, 6.45) is 6.54. The van der Waals surface area contributed by atoms with Crippen LogP contribution in [-0.2, 0) is 11.2 Å². The summed E-state index contributed by atoms with van der Waals surface area (Å²) in [5, 5.41) is 2.90. The van der Waals surface area contributed by atoms with Crippen molar-refractivity contribution in [3.8, 4) is 5.75 Å². The molecule has 1 aliphatic carbocycles. The van der Waals surface area contributed by atoms with Gasteiger partial charge in [0.15, 0.2) is 0 Å². The fraction of sp³-hybridized carbons (Fsp3) is 0.400. The number of pyridine rings is 1. The highest BCUT2D eigenvalue weighted by Crippen LogP contribution is 2.33. The first-order valence-electron chi connectivity index (χ1n) is 8.92. The molecular weight excluding hydrogens is 314 g/mol. The Balaban J connectivity index is 1.21. The summed E-state index contributed by atoms with van der Waals surface area (Å²) < 4.78 is 5.86. The van der Waals surface area contributed by atoms with Gasteiger partial charge in [-0.3, -0.25) is 14.7 Å². The van der Waals surface area contributed by atoms with Crippen LogP contribution in [0.4, 0.5) is 5.69 Å². The molecule has 1 saturated heterocycles. The maximum absolute atomic E-state index is 12.0. The van der Waals surface area contributed by atoms with Crippen molar-refractivity contribution in [1.29, 1.82) is 0 Å². The Kier molecular flexibility index (Phi) is 4.65. The predicted octanol–water partition coefficient (Wildman–Crippen LogP) is 2.74. The van der Waals surface area contributed by atoms with Crippen molar-refractivity contribution in [2.45, 2.75) is 25.3 Å². The molecule has 2 aliphatic rings. The minimum absolute atomic E-state index is 0.0460. The highest BCUT2D eigenvalue weighted by atomic mass is 16.5. The quantitative estimate of drug-likeness (QED) is 0.753. The van der Waals surface area contributed by atoms with Crippen LogP contribution in [0.2, 0.25) is 0 Å². The van der Waals surface area contributed by atoms with E-state index >= 15 is 0 Å². The number of carbonyl (C=O) groups is 1. The summed E-state index contributed by atoms with van der Waals surface area (Å²) in [6, 6.07) is 11.9. The first kappa shape index (κ1) is 16.1. The number of nitrogens with zero attached hydrogens (tertiary/aromatic N) is 2. The van der Waals surface area contributed by atoms with Crippen LogP contribution in [0, 0.1) is 5.92 Å².